The van der Waals surface area contributed by atoms with E-state index in [0.717, 1.165) is 0 Å². The van der Waals surface area contributed by atoms with Crippen LogP contribution in [0.3, 0.4) is 0 Å². The zero-order valence-electron chi connectivity index (χ0n) is 15.5. The largest absolute Gasteiger partial charge is 0.350 e. The predicted octanol–water partition coefficient (Wildman–Crippen LogP) is 0.965. The van der Waals surface area contributed by atoms with E-state index in [9.17, 15) is 26.3 Å². The molecule has 0 spiro atoms. The topological polar surface area (TPSA) is 186 Å². The molecule has 0 fully saturated rings. The summed E-state index contributed by atoms with van der Waals surface area (Å²) in [6, 6.07) is 8.66. The second-order valence-electron chi connectivity index (χ2n) is 6.28. The number of hydrogen-bond donors (Lipinski definition) is 0. The van der Waals surface area contributed by atoms with Crippen LogP contribution >= 0.6 is 0 Å². The molecule has 1 atom stereocenters. The number of nitrogens with zero attached hydrogens (tertiary/aromatic N) is 11. The van der Waals surface area contributed by atoms with Gasteiger partial charge in [0.25, 0.3) is 0 Å². The average Bonchev–Trinajstić information content (AvgIpc) is 2.77. The number of rotatable bonds is 0. The van der Waals surface area contributed by atoms with Gasteiger partial charge in [-0.05, 0) is 6.92 Å². The third-order valence-corrected chi connectivity index (χ3v) is 4.70. The van der Waals surface area contributed by atoms with E-state index in [0.29, 0.717) is 11.4 Å². The number of aromatic nitrogens is 4. The highest BCUT2D eigenvalue weighted by molar-refractivity contribution is 6.11. The molecule has 30 heavy (non-hydrogen) atoms. The number of hydrogen-bond acceptors (Lipinski definition) is 11. The fourth-order valence-electron chi connectivity index (χ4n) is 3.42. The molecule has 0 amide bonds. The maximum Gasteiger partial charge on any atom is 0.177 e. The summed E-state index contributed by atoms with van der Waals surface area (Å²) in [4.78, 5) is 23.2. The van der Waals surface area contributed by atoms with Crippen LogP contribution in [0.5, 0.6) is 0 Å². The molecule has 3 heterocycles. The Morgan fingerprint density at radius 2 is 1.20 bits per heavy atom. The van der Waals surface area contributed by atoms with Crippen molar-refractivity contribution in [3.8, 4) is 41.7 Å². The molecule has 11 nitrogen and oxygen atoms in total. The van der Waals surface area contributed by atoms with Gasteiger partial charge in [-0.2, -0.15) is 26.3 Å². The first kappa shape index (κ1) is 18.2. The number of allylic oxidation sites excluding steroid dienone is 2. The highest BCUT2D eigenvalue weighted by atomic mass is 15.2. The molecule has 0 saturated carbocycles. The Morgan fingerprint density at radius 3 is 1.73 bits per heavy atom. The van der Waals surface area contributed by atoms with Crippen LogP contribution in [0.1, 0.15) is 47.1 Å². The van der Waals surface area contributed by atoms with Crippen LogP contribution in [0.25, 0.3) is 11.4 Å². The molecule has 2 aromatic rings. The lowest BCUT2D eigenvalue weighted by Crippen LogP contribution is -2.39. The van der Waals surface area contributed by atoms with Crippen LogP contribution in [0.2, 0.25) is 0 Å². The van der Waals surface area contributed by atoms with E-state index in [1.54, 1.807) is 18.9 Å². The Kier molecular flexibility index (Phi) is 3.92. The molecule has 1 unspecified atom stereocenters. The summed E-state index contributed by atoms with van der Waals surface area (Å²) in [5, 5.41) is 47.0. The van der Waals surface area contributed by atoms with E-state index in [1.807, 2.05) is 24.3 Å². The van der Waals surface area contributed by atoms with Gasteiger partial charge in [0.05, 0.1) is 17.1 Å². The first-order valence-electron chi connectivity index (χ1n) is 8.36. The molecule has 2 aromatic heterocycles. The molecule has 1 aliphatic heterocycles. The molecular formula is C19H7N11. The van der Waals surface area contributed by atoms with Crippen molar-refractivity contribution >= 4 is 5.71 Å². The Bertz CT molecular complexity index is 1430. The molecule has 0 radical (unpaired) electrons. The van der Waals surface area contributed by atoms with Gasteiger partial charge in [-0.15, -0.1) is 0 Å². The van der Waals surface area contributed by atoms with Gasteiger partial charge in [-0.25, -0.2) is 19.9 Å². The Balaban J connectivity index is 2.18. The Morgan fingerprint density at radius 1 is 0.700 bits per heavy atom. The highest BCUT2D eigenvalue weighted by Gasteiger charge is 2.42. The normalized spacial score (nSPS) is 15.8. The van der Waals surface area contributed by atoms with E-state index in [2.05, 4.69) is 31.0 Å². The van der Waals surface area contributed by atoms with E-state index in [-0.39, 0.29) is 51.2 Å². The summed E-state index contributed by atoms with van der Waals surface area (Å²) in [6.07, 6.45) is 0. The number of likely N-dealkylation sites (N-methyl/N-ethyl adjacent to an activating group) is 1. The van der Waals surface area contributed by atoms with E-state index in [1.165, 1.54) is 0 Å². The van der Waals surface area contributed by atoms with Crippen LogP contribution in [0, 0.1) is 56.7 Å². The minimum Gasteiger partial charge on any atom is -0.350 e. The van der Waals surface area contributed by atoms with Crippen LogP contribution < -0.4 is 0 Å². The van der Waals surface area contributed by atoms with E-state index >= 15 is 0 Å². The van der Waals surface area contributed by atoms with Crippen LogP contribution in [-0.2, 0) is 0 Å². The van der Waals surface area contributed by atoms with Crippen molar-refractivity contribution in [1.29, 1.82) is 26.3 Å². The van der Waals surface area contributed by atoms with E-state index in [4.69, 9.17) is 0 Å². The lowest BCUT2D eigenvalue weighted by atomic mass is 9.89. The third-order valence-electron chi connectivity index (χ3n) is 4.70. The summed E-state index contributed by atoms with van der Waals surface area (Å²) in [7, 11) is 1.66. The summed E-state index contributed by atoms with van der Waals surface area (Å²) >= 11 is 0. The fourth-order valence-corrected chi connectivity index (χ4v) is 3.42. The van der Waals surface area contributed by atoms with Crippen molar-refractivity contribution in [2.75, 3.05) is 7.05 Å². The lowest BCUT2D eigenvalue weighted by molar-refractivity contribution is 0.373. The van der Waals surface area contributed by atoms with Gasteiger partial charge in [-0.1, -0.05) is 0 Å². The zero-order chi connectivity index (χ0) is 21.6. The van der Waals surface area contributed by atoms with Crippen LogP contribution in [0.4, 0.5) is 0 Å². The van der Waals surface area contributed by atoms with Crippen LogP contribution in [0.15, 0.2) is 16.4 Å². The van der Waals surface area contributed by atoms with Crippen LogP contribution in [-0.4, -0.2) is 37.6 Å². The monoisotopic (exact) mass is 389 g/mol. The van der Waals surface area contributed by atoms with Gasteiger partial charge < -0.3 is 4.90 Å². The molecule has 2 aliphatic rings. The van der Waals surface area contributed by atoms with Gasteiger partial charge in [-0.3, -0.25) is 4.99 Å². The highest BCUT2D eigenvalue weighted by Crippen LogP contribution is 2.42. The summed E-state index contributed by atoms with van der Waals surface area (Å²) in [5.41, 5.74) is 1.00. The first-order chi connectivity index (χ1) is 14.5. The molecule has 0 N–H and O–H groups in total. The van der Waals surface area contributed by atoms with Gasteiger partial charge in [0, 0.05) is 7.05 Å². The first-order valence-corrected chi connectivity index (χ1v) is 8.36. The standard InChI is InChI=1S/C19H7N11/c1-8-13(7-24)30(2)19-17(25-8)15-14(26-9(3-20)10(4-21)27-15)16-18(19)29-12(6-23)11(5-22)28-16/h19H,1-2H3. The Labute approximate surface area is 169 Å². The molecule has 0 saturated heterocycles. The molecule has 0 aromatic carbocycles. The fraction of sp³-hybridized carbons (Fsp3) is 0.158. The SMILES string of the molecule is CC1=C(C#N)N(C)C2C(=N1)c1nc(C#N)c(C#N)nc1-c1nc(C#N)c(C#N)nc12. The lowest BCUT2D eigenvalue weighted by Gasteiger charge is -2.36. The number of aliphatic imine (C=N–C) groups is 1. The maximum atomic E-state index is 9.54. The minimum absolute atomic E-state index is 0.130. The van der Waals surface area contributed by atoms with Crippen molar-refractivity contribution in [1.82, 2.24) is 24.8 Å². The molecule has 0 bridgehead atoms. The minimum atomic E-state index is -0.744. The molecule has 1 aliphatic carbocycles. The number of fused-ring (bicyclic) bond motifs is 6. The summed E-state index contributed by atoms with van der Waals surface area (Å²) in [6.45, 7) is 1.65. The molecular weight excluding hydrogens is 382 g/mol. The second kappa shape index (κ2) is 6.46. The molecule has 138 valence electrons. The summed E-state index contributed by atoms with van der Waals surface area (Å²) in [5.74, 6) is 0. The number of nitriles is 5. The van der Waals surface area contributed by atoms with Gasteiger partial charge in [0.1, 0.15) is 59.2 Å². The Hall–Kier alpha value is -5.18. The van der Waals surface area contributed by atoms with Crippen molar-refractivity contribution in [2.24, 2.45) is 4.99 Å². The van der Waals surface area contributed by atoms with Crippen molar-refractivity contribution < 1.29 is 0 Å². The predicted molar refractivity (Wildman–Crippen MR) is 97.3 cm³/mol. The molecule has 4 rings (SSSR count). The average molecular weight is 389 g/mol. The van der Waals surface area contributed by atoms with Crippen molar-refractivity contribution in [3.05, 3.63) is 45.6 Å². The van der Waals surface area contributed by atoms with Crippen molar-refractivity contribution in [3.63, 3.8) is 0 Å². The van der Waals surface area contributed by atoms with Gasteiger partial charge in [0.2, 0.25) is 0 Å². The smallest absolute Gasteiger partial charge is 0.177 e. The summed E-state index contributed by atoms with van der Waals surface area (Å²) < 4.78 is 0. The van der Waals surface area contributed by atoms with E-state index < -0.39 is 6.04 Å². The second-order valence-corrected chi connectivity index (χ2v) is 6.28. The quantitative estimate of drug-likeness (QED) is 0.628. The molecule has 11 heteroatoms. The zero-order valence-corrected chi connectivity index (χ0v) is 15.5. The van der Waals surface area contributed by atoms with Crippen molar-refractivity contribution in [2.45, 2.75) is 13.0 Å². The van der Waals surface area contributed by atoms with Gasteiger partial charge >= 0.3 is 0 Å². The maximum absolute atomic E-state index is 9.54. The van der Waals surface area contributed by atoms with Gasteiger partial charge in [0.15, 0.2) is 22.8 Å². The third kappa shape index (κ3) is 2.29.